The normalized spacial score (nSPS) is 13.2. The summed E-state index contributed by atoms with van der Waals surface area (Å²) in [5.41, 5.74) is 2.39. The molecule has 1 N–H and O–H groups in total. The van der Waals surface area contributed by atoms with Gasteiger partial charge in [0.05, 0.1) is 30.0 Å². The van der Waals surface area contributed by atoms with Gasteiger partial charge >= 0.3 is 0 Å². The molecular weight excluding hydrogens is 470 g/mol. The average Bonchev–Trinajstić information content (AvgIpc) is 2.90. The molecule has 2 heterocycles. The summed E-state index contributed by atoms with van der Waals surface area (Å²) in [6, 6.07) is 2.58. The Morgan fingerprint density at radius 1 is 1.35 bits per heavy atom. The molecule has 2 rings (SSSR count). The molecule has 0 spiro atoms. The van der Waals surface area contributed by atoms with Gasteiger partial charge in [-0.15, -0.1) is 11.3 Å². The van der Waals surface area contributed by atoms with Crippen LogP contribution in [0, 0.1) is 0 Å². The van der Waals surface area contributed by atoms with Gasteiger partial charge in [0.15, 0.2) is 0 Å². The van der Waals surface area contributed by atoms with Crippen molar-refractivity contribution in [2.45, 2.75) is 32.9 Å². The van der Waals surface area contributed by atoms with Crippen molar-refractivity contribution < 1.29 is 0 Å². The van der Waals surface area contributed by atoms with Crippen LogP contribution in [0.4, 0.5) is 0 Å². The van der Waals surface area contributed by atoms with Crippen LogP contribution in [0.25, 0.3) is 0 Å². The number of hydrogen-bond acceptors (Lipinski definition) is 3. The topological polar surface area (TPSA) is 29.9 Å². The predicted molar refractivity (Wildman–Crippen MR) is 95.6 cm³/mol. The van der Waals surface area contributed by atoms with E-state index in [2.05, 4.69) is 89.7 Å². The summed E-state index contributed by atoms with van der Waals surface area (Å²) in [6.45, 7) is 7.29. The van der Waals surface area contributed by atoms with E-state index in [1.165, 1.54) is 5.56 Å². The molecule has 0 aliphatic heterocycles. The van der Waals surface area contributed by atoms with Gasteiger partial charge in [0, 0.05) is 11.6 Å². The van der Waals surface area contributed by atoms with Gasteiger partial charge in [-0.05, 0) is 74.2 Å². The van der Waals surface area contributed by atoms with E-state index in [0.717, 1.165) is 24.3 Å². The molecule has 0 aromatic carbocycles. The summed E-state index contributed by atoms with van der Waals surface area (Å²) in [7, 11) is 0. The standard InChI is InChI=1S/C13H16Br3N3S/c1-4-17-11(8-5-10(15)20-13(8)16)12-9(14)6-18-19(12)7(2)3/h5-7,11,17H,4H2,1-3H3. The van der Waals surface area contributed by atoms with E-state index in [0.29, 0.717) is 6.04 Å². The van der Waals surface area contributed by atoms with Crippen LogP contribution < -0.4 is 5.32 Å². The van der Waals surface area contributed by atoms with Crippen LogP contribution in [-0.4, -0.2) is 16.3 Å². The Balaban J connectivity index is 2.54. The zero-order valence-electron chi connectivity index (χ0n) is 11.5. The molecule has 7 heteroatoms. The number of halogens is 3. The third kappa shape index (κ3) is 3.38. The Morgan fingerprint density at radius 2 is 2.05 bits per heavy atom. The molecular formula is C13H16Br3N3S. The summed E-state index contributed by atoms with van der Waals surface area (Å²) in [6.07, 6.45) is 1.87. The number of rotatable bonds is 5. The largest absolute Gasteiger partial charge is 0.305 e. The fraction of sp³-hybridized carbons (Fsp3) is 0.462. The van der Waals surface area contributed by atoms with Crippen LogP contribution in [0.2, 0.25) is 0 Å². The maximum atomic E-state index is 4.49. The number of thiophene rings is 1. The van der Waals surface area contributed by atoms with E-state index in [4.69, 9.17) is 0 Å². The number of hydrogen-bond donors (Lipinski definition) is 1. The lowest BCUT2D eigenvalue weighted by Crippen LogP contribution is -2.25. The Bertz CT molecular complexity index is 592. The highest BCUT2D eigenvalue weighted by Crippen LogP contribution is 2.40. The number of nitrogens with zero attached hydrogens (tertiary/aromatic N) is 2. The van der Waals surface area contributed by atoms with Crippen LogP contribution in [-0.2, 0) is 0 Å². The van der Waals surface area contributed by atoms with E-state index < -0.39 is 0 Å². The van der Waals surface area contributed by atoms with E-state index in [1.54, 1.807) is 11.3 Å². The molecule has 0 bridgehead atoms. The first kappa shape index (κ1) is 16.7. The molecule has 0 saturated heterocycles. The highest BCUT2D eigenvalue weighted by atomic mass is 79.9. The van der Waals surface area contributed by atoms with Gasteiger partial charge in [0.2, 0.25) is 0 Å². The SMILES string of the molecule is CCNC(c1cc(Br)sc1Br)c1c(Br)cnn1C(C)C. The summed E-state index contributed by atoms with van der Waals surface area (Å²) in [5, 5.41) is 8.04. The van der Waals surface area contributed by atoms with Crippen LogP contribution in [0.1, 0.15) is 44.1 Å². The molecule has 20 heavy (non-hydrogen) atoms. The quantitative estimate of drug-likeness (QED) is 0.605. The molecule has 0 aliphatic rings. The highest BCUT2D eigenvalue weighted by Gasteiger charge is 2.25. The maximum absolute atomic E-state index is 4.49. The van der Waals surface area contributed by atoms with Crippen molar-refractivity contribution in [2.24, 2.45) is 0 Å². The van der Waals surface area contributed by atoms with Crippen LogP contribution in [0.3, 0.4) is 0 Å². The zero-order chi connectivity index (χ0) is 14.9. The Hall–Kier alpha value is 0.310. The van der Waals surface area contributed by atoms with Crippen LogP contribution in [0.15, 0.2) is 24.3 Å². The summed E-state index contributed by atoms with van der Waals surface area (Å²) in [5.74, 6) is 0. The fourth-order valence-corrected chi connectivity index (χ4v) is 5.54. The van der Waals surface area contributed by atoms with Crippen molar-refractivity contribution in [2.75, 3.05) is 6.54 Å². The second-order valence-electron chi connectivity index (χ2n) is 4.69. The molecule has 0 fully saturated rings. The molecule has 0 amide bonds. The van der Waals surface area contributed by atoms with Gasteiger partial charge in [0.25, 0.3) is 0 Å². The third-order valence-electron chi connectivity index (χ3n) is 2.95. The van der Waals surface area contributed by atoms with Gasteiger partial charge in [-0.1, -0.05) is 6.92 Å². The van der Waals surface area contributed by atoms with Gasteiger partial charge in [-0.2, -0.15) is 5.10 Å². The number of nitrogens with one attached hydrogen (secondary N) is 1. The van der Waals surface area contributed by atoms with Gasteiger partial charge in [-0.3, -0.25) is 4.68 Å². The first-order chi connectivity index (χ1) is 9.45. The second kappa shape index (κ2) is 7.05. The fourth-order valence-electron chi connectivity index (χ4n) is 2.14. The summed E-state index contributed by atoms with van der Waals surface area (Å²) >= 11 is 12.5. The molecule has 3 nitrogen and oxygen atoms in total. The molecule has 0 radical (unpaired) electrons. The lowest BCUT2D eigenvalue weighted by molar-refractivity contribution is 0.475. The smallest absolute Gasteiger partial charge is 0.0779 e. The van der Waals surface area contributed by atoms with Crippen LogP contribution in [0.5, 0.6) is 0 Å². The van der Waals surface area contributed by atoms with Crippen molar-refractivity contribution >= 4 is 59.1 Å². The first-order valence-electron chi connectivity index (χ1n) is 6.36. The van der Waals surface area contributed by atoms with Gasteiger partial charge < -0.3 is 5.32 Å². The molecule has 0 aliphatic carbocycles. The van der Waals surface area contributed by atoms with Gasteiger partial charge in [-0.25, -0.2) is 0 Å². The Kier molecular flexibility index (Phi) is 5.88. The monoisotopic (exact) mass is 483 g/mol. The van der Waals surface area contributed by atoms with E-state index in [-0.39, 0.29) is 6.04 Å². The molecule has 0 saturated carbocycles. The summed E-state index contributed by atoms with van der Waals surface area (Å²) in [4.78, 5) is 0. The molecule has 1 atom stereocenters. The third-order valence-corrected chi connectivity index (χ3v) is 5.95. The van der Waals surface area contributed by atoms with E-state index in [9.17, 15) is 0 Å². The van der Waals surface area contributed by atoms with Crippen molar-refractivity contribution in [1.82, 2.24) is 15.1 Å². The zero-order valence-corrected chi connectivity index (χ0v) is 17.0. The molecule has 110 valence electrons. The highest BCUT2D eigenvalue weighted by molar-refractivity contribution is 9.12. The second-order valence-corrected chi connectivity index (χ2v) is 9.29. The molecule has 2 aromatic heterocycles. The van der Waals surface area contributed by atoms with Crippen molar-refractivity contribution in [3.63, 3.8) is 0 Å². The lowest BCUT2D eigenvalue weighted by Gasteiger charge is -2.21. The van der Waals surface area contributed by atoms with E-state index >= 15 is 0 Å². The lowest BCUT2D eigenvalue weighted by atomic mass is 10.1. The Morgan fingerprint density at radius 3 is 2.55 bits per heavy atom. The van der Waals surface area contributed by atoms with Gasteiger partial charge in [0.1, 0.15) is 0 Å². The minimum atomic E-state index is 0.108. The molecule has 2 aromatic rings. The minimum Gasteiger partial charge on any atom is -0.305 e. The number of aromatic nitrogens is 2. The maximum Gasteiger partial charge on any atom is 0.0779 e. The van der Waals surface area contributed by atoms with Crippen molar-refractivity contribution in [3.8, 4) is 0 Å². The van der Waals surface area contributed by atoms with Crippen LogP contribution >= 0.6 is 59.1 Å². The predicted octanol–water partition coefficient (Wildman–Crippen LogP) is 5.51. The van der Waals surface area contributed by atoms with E-state index in [1.807, 2.05) is 6.20 Å². The summed E-state index contributed by atoms with van der Waals surface area (Å²) < 4.78 is 5.36. The molecule has 1 unspecified atom stereocenters. The van der Waals surface area contributed by atoms with Crippen molar-refractivity contribution in [1.29, 1.82) is 0 Å². The minimum absolute atomic E-state index is 0.108. The van der Waals surface area contributed by atoms with Crippen molar-refractivity contribution in [3.05, 3.63) is 35.6 Å². The average molecular weight is 486 g/mol. The first-order valence-corrected chi connectivity index (χ1v) is 9.56. The Labute approximate surface area is 148 Å².